The number of nitrogens with one attached hydrogen (secondary N) is 1. The first-order valence-corrected chi connectivity index (χ1v) is 9.01. The molecule has 2 aromatic rings. The van der Waals surface area contributed by atoms with Gasteiger partial charge in [0.1, 0.15) is 17.7 Å². The lowest BCUT2D eigenvalue weighted by Gasteiger charge is -2.07. The van der Waals surface area contributed by atoms with Gasteiger partial charge in [-0.1, -0.05) is 44.7 Å². The van der Waals surface area contributed by atoms with Crippen molar-refractivity contribution in [2.24, 2.45) is 5.92 Å². The molecule has 0 aromatic heterocycles. The van der Waals surface area contributed by atoms with Crippen molar-refractivity contribution in [1.29, 1.82) is 0 Å². The lowest BCUT2D eigenvalue weighted by atomic mass is 9.99. The van der Waals surface area contributed by atoms with Gasteiger partial charge in [0.2, 0.25) is 0 Å². The SMILES string of the molecule is C=C(CC)c1ccc(-c2cccc(F)c2)cc1F.CC1CNC(C(=O)O)C1. The standard InChI is InChI=1S/C16H14F2.C6H11NO2/c1-3-11(2)15-8-7-13(10-16(15)18)12-5-4-6-14(17)9-12;1-4-2-5(6(8)9)7-3-4/h4-10H,2-3H2,1H3;4-5,7H,2-3H2,1H3,(H,8,9). The van der Waals surface area contributed by atoms with Crippen LogP contribution in [0.3, 0.4) is 0 Å². The van der Waals surface area contributed by atoms with E-state index in [2.05, 4.69) is 18.8 Å². The summed E-state index contributed by atoms with van der Waals surface area (Å²) in [7, 11) is 0. The Balaban J connectivity index is 0.000000244. The topological polar surface area (TPSA) is 49.3 Å². The summed E-state index contributed by atoms with van der Waals surface area (Å²) in [5.74, 6) is -0.844. The number of aliphatic carboxylic acids is 1. The summed E-state index contributed by atoms with van der Waals surface area (Å²) in [5.41, 5.74) is 2.62. The fourth-order valence-corrected chi connectivity index (χ4v) is 2.94. The molecule has 0 spiro atoms. The Morgan fingerprint density at radius 2 is 1.93 bits per heavy atom. The number of benzene rings is 2. The van der Waals surface area contributed by atoms with Crippen LogP contribution in [0.2, 0.25) is 0 Å². The molecule has 1 aliphatic heterocycles. The minimum absolute atomic E-state index is 0.292. The summed E-state index contributed by atoms with van der Waals surface area (Å²) in [6, 6.07) is 10.7. The zero-order valence-corrected chi connectivity index (χ0v) is 15.6. The molecule has 5 heteroatoms. The van der Waals surface area contributed by atoms with Crippen molar-refractivity contribution in [3.8, 4) is 11.1 Å². The summed E-state index contributed by atoms with van der Waals surface area (Å²) in [5, 5.41) is 11.4. The summed E-state index contributed by atoms with van der Waals surface area (Å²) in [6.07, 6.45) is 1.48. The molecule has 2 unspecified atom stereocenters. The van der Waals surface area contributed by atoms with Crippen molar-refractivity contribution >= 4 is 11.5 Å². The monoisotopic (exact) mass is 373 g/mol. The van der Waals surface area contributed by atoms with Gasteiger partial charge in [-0.2, -0.15) is 0 Å². The second-order valence-corrected chi connectivity index (χ2v) is 6.80. The van der Waals surface area contributed by atoms with Gasteiger partial charge in [-0.15, -0.1) is 0 Å². The number of carboxylic acids is 1. The molecule has 0 radical (unpaired) electrons. The van der Waals surface area contributed by atoms with E-state index in [1.54, 1.807) is 24.3 Å². The number of carbonyl (C=O) groups is 1. The summed E-state index contributed by atoms with van der Waals surface area (Å²) >= 11 is 0. The van der Waals surface area contributed by atoms with E-state index in [0.717, 1.165) is 18.5 Å². The summed E-state index contributed by atoms with van der Waals surface area (Å²) in [4.78, 5) is 10.3. The predicted octanol–water partition coefficient (Wildman–Crippen LogP) is 5.12. The minimum Gasteiger partial charge on any atom is -0.480 e. The van der Waals surface area contributed by atoms with Crippen molar-refractivity contribution in [1.82, 2.24) is 5.32 Å². The van der Waals surface area contributed by atoms with E-state index in [9.17, 15) is 13.6 Å². The fraction of sp³-hybridized carbons (Fsp3) is 0.318. The highest BCUT2D eigenvalue weighted by molar-refractivity contribution is 5.73. The van der Waals surface area contributed by atoms with Crippen molar-refractivity contribution in [3.05, 3.63) is 66.2 Å². The predicted molar refractivity (Wildman–Crippen MR) is 104 cm³/mol. The van der Waals surface area contributed by atoms with E-state index in [4.69, 9.17) is 5.11 Å². The molecule has 2 N–H and O–H groups in total. The van der Waals surface area contributed by atoms with E-state index >= 15 is 0 Å². The second kappa shape index (κ2) is 9.42. The van der Waals surface area contributed by atoms with Gasteiger partial charge in [-0.3, -0.25) is 4.79 Å². The van der Waals surface area contributed by atoms with Crippen molar-refractivity contribution in [2.45, 2.75) is 32.7 Å². The quantitative estimate of drug-likeness (QED) is 0.782. The largest absolute Gasteiger partial charge is 0.480 e. The highest BCUT2D eigenvalue weighted by atomic mass is 19.1. The van der Waals surface area contributed by atoms with Crippen LogP contribution in [0.5, 0.6) is 0 Å². The molecule has 1 heterocycles. The van der Waals surface area contributed by atoms with Crippen LogP contribution in [-0.4, -0.2) is 23.7 Å². The van der Waals surface area contributed by atoms with Gasteiger partial charge in [0.25, 0.3) is 0 Å². The Labute approximate surface area is 158 Å². The molecule has 2 atom stereocenters. The van der Waals surface area contributed by atoms with E-state index in [-0.39, 0.29) is 17.7 Å². The average Bonchev–Trinajstić information content (AvgIpc) is 3.08. The summed E-state index contributed by atoms with van der Waals surface area (Å²) < 4.78 is 27.0. The Hall–Kier alpha value is -2.53. The minimum atomic E-state index is -0.723. The molecular formula is C22H25F2NO2. The number of hydrogen-bond donors (Lipinski definition) is 2. The molecule has 3 rings (SSSR count). The highest BCUT2D eigenvalue weighted by Crippen LogP contribution is 2.26. The lowest BCUT2D eigenvalue weighted by molar-refractivity contribution is -0.139. The first-order valence-electron chi connectivity index (χ1n) is 9.01. The second-order valence-electron chi connectivity index (χ2n) is 6.80. The van der Waals surface area contributed by atoms with Crippen LogP contribution in [-0.2, 0) is 4.79 Å². The maximum Gasteiger partial charge on any atom is 0.320 e. The van der Waals surface area contributed by atoms with E-state index < -0.39 is 5.97 Å². The molecule has 0 bridgehead atoms. The Morgan fingerprint density at radius 1 is 1.22 bits per heavy atom. The molecule has 27 heavy (non-hydrogen) atoms. The van der Waals surface area contributed by atoms with Crippen molar-refractivity contribution in [3.63, 3.8) is 0 Å². The molecule has 0 amide bonds. The molecule has 2 aromatic carbocycles. The van der Waals surface area contributed by atoms with Crippen molar-refractivity contribution in [2.75, 3.05) is 6.54 Å². The zero-order valence-electron chi connectivity index (χ0n) is 15.6. The van der Waals surface area contributed by atoms with Crippen LogP contribution in [0, 0.1) is 17.6 Å². The Morgan fingerprint density at radius 3 is 2.41 bits per heavy atom. The van der Waals surface area contributed by atoms with Crippen LogP contribution in [0.25, 0.3) is 16.7 Å². The van der Waals surface area contributed by atoms with Crippen LogP contribution >= 0.6 is 0 Å². The first-order chi connectivity index (χ1) is 12.8. The molecule has 1 aliphatic rings. The van der Waals surface area contributed by atoms with Crippen LogP contribution < -0.4 is 5.32 Å². The molecule has 144 valence electrons. The number of carboxylic acid groups (broad SMARTS) is 1. The fourth-order valence-electron chi connectivity index (χ4n) is 2.94. The van der Waals surface area contributed by atoms with E-state index in [1.807, 2.05) is 6.92 Å². The third kappa shape index (κ3) is 5.73. The van der Waals surface area contributed by atoms with Crippen LogP contribution in [0.4, 0.5) is 8.78 Å². The molecule has 3 nitrogen and oxygen atoms in total. The summed E-state index contributed by atoms with van der Waals surface area (Å²) in [6.45, 7) is 8.65. The Bertz CT molecular complexity index is 820. The van der Waals surface area contributed by atoms with Crippen molar-refractivity contribution < 1.29 is 18.7 Å². The van der Waals surface area contributed by atoms with Gasteiger partial charge in [0.05, 0.1) is 0 Å². The number of allylic oxidation sites excluding steroid dienone is 1. The van der Waals surface area contributed by atoms with Gasteiger partial charge in [0, 0.05) is 5.56 Å². The van der Waals surface area contributed by atoms with E-state index in [0.29, 0.717) is 29.0 Å². The third-order valence-corrected chi connectivity index (χ3v) is 4.58. The van der Waals surface area contributed by atoms with Gasteiger partial charge in [-0.05, 0) is 60.2 Å². The Kier molecular flexibility index (Phi) is 7.25. The van der Waals surface area contributed by atoms with Gasteiger partial charge in [-0.25, -0.2) is 8.78 Å². The van der Waals surface area contributed by atoms with E-state index in [1.165, 1.54) is 18.2 Å². The maximum absolute atomic E-state index is 13.9. The molecular weight excluding hydrogens is 348 g/mol. The molecule has 0 saturated carbocycles. The van der Waals surface area contributed by atoms with Crippen LogP contribution in [0.1, 0.15) is 32.3 Å². The maximum atomic E-state index is 13.9. The normalized spacial score (nSPS) is 18.5. The molecule has 1 saturated heterocycles. The molecule has 1 fully saturated rings. The highest BCUT2D eigenvalue weighted by Gasteiger charge is 2.25. The van der Waals surface area contributed by atoms with Gasteiger partial charge >= 0.3 is 5.97 Å². The van der Waals surface area contributed by atoms with Gasteiger partial charge in [0.15, 0.2) is 0 Å². The first kappa shape index (κ1) is 20.8. The zero-order chi connectivity index (χ0) is 20.0. The lowest BCUT2D eigenvalue weighted by Crippen LogP contribution is -2.29. The number of halogens is 2. The number of hydrogen-bond acceptors (Lipinski definition) is 2. The smallest absolute Gasteiger partial charge is 0.320 e. The third-order valence-electron chi connectivity index (χ3n) is 4.58. The van der Waals surface area contributed by atoms with Gasteiger partial charge < -0.3 is 10.4 Å². The average molecular weight is 373 g/mol. The van der Waals surface area contributed by atoms with Crippen LogP contribution in [0.15, 0.2) is 49.0 Å². The molecule has 0 aliphatic carbocycles. The number of rotatable bonds is 4.